The fourth-order valence-electron chi connectivity index (χ4n) is 2.20. The van der Waals surface area contributed by atoms with Gasteiger partial charge in [0.05, 0.1) is 13.1 Å². The number of benzene rings is 1. The third-order valence-corrected chi connectivity index (χ3v) is 3.16. The first kappa shape index (κ1) is 12.6. The molecule has 0 radical (unpaired) electrons. The van der Waals surface area contributed by atoms with E-state index < -0.39 is 6.03 Å². The Hall–Kier alpha value is -1.88. The van der Waals surface area contributed by atoms with E-state index in [1.807, 2.05) is 6.07 Å². The summed E-state index contributed by atoms with van der Waals surface area (Å²) in [6, 6.07) is 9.90. The van der Waals surface area contributed by atoms with Crippen LogP contribution in [0.15, 0.2) is 35.4 Å². The van der Waals surface area contributed by atoms with Crippen LogP contribution in [0.2, 0.25) is 0 Å². The number of nitrogens with zero attached hydrogens (tertiary/aromatic N) is 1. The lowest BCUT2D eigenvalue weighted by Gasteiger charge is -2.24. The number of likely N-dealkylation sites (tertiary alicyclic amines) is 1. The van der Waals surface area contributed by atoms with Crippen molar-refractivity contribution in [3.8, 4) is 0 Å². The Morgan fingerprint density at radius 3 is 2.56 bits per heavy atom. The van der Waals surface area contributed by atoms with Crippen molar-refractivity contribution >= 4 is 11.7 Å². The fourth-order valence-corrected chi connectivity index (χ4v) is 2.20. The molecule has 0 spiro atoms. The maximum Gasteiger partial charge on any atom is 0.332 e. The van der Waals surface area contributed by atoms with Gasteiger partial charge in [0.25, 0.3) is 0 Å². The van der Waals surface area contributed by atoms with Gasteiger partial charge in [0.1, 0.15) is 6.54 Å². The number of rotatable bonds is 3. The number of nitrogens with two attached hydrogens (primary N) is 1. The predicted molar refractivity (Wildman–Crippen MR) is 70.2 cm³/mol. The maximum atomic E-state index is 10.5. The molecule has 5 heteroatoms. The topological polar surface area (TPSA) is 71.9 Å². The maximum absolute atomic E-state index is 10.5. The number of quaternary nitrogens is 1. The van der Waals surface area contributed by atoms with Crippen LogP contribution in [0.25, 0.3) is 0 Å². The molecule has 4 N–H and O–H groups in total. The van der Waals surface area contributed by atoms with Gasteiger partial charge in [0.15, 0.2) is 0 Å². The molecular weight excluding hydrogens is 228 g/mol. The molecule has 1 aromatic carbocycles. The van der Waals surface area contributed by atoms with Crippen LogP contribution in [0.1, 0.15) is 18.4 Å². The number of nitrogens with one attached hydrogen (secondary N) is 2. The number of hydrogen-bond donors (Lipinski definition) is 3. The van der Waals surface area contributed by atoms with Gasteiger partial charge in [0.2, 0.25) is 0 Å². The summed E-state index contributed by atoms with van der Waals surface area (Å²) in [5.41, 5.74) is 9.67. The van der Waals surface area contributed by atoms with Gasteiger partial charge in [-0.1, -0.05) is 30.3 Å². The summed E-state index contributed by atoms with van der Waals surface area (Å²) in [5.74, 6) is 0. The van der Waals surface area contributed by atoms with E-state index in [1.54, 1.807) is 4.90 Å². The van der Waals surface area contributed by atoms with Crippen molar-refractivity contribution in [1.82, 2.24) is 5.43 Å². The SMILES string of the molecule is NC(=O)NN=C1CC[NH+](Cc2ccccc2)CC1. The third-order valence-electron chi connectivity index (χ3n) is 3.16. The number of primary amides is 1. The molecule has 2 amide bonds. The average molecular weight is 247 g/mol. The Balaban J connectivity index is 1.80. The number of piperidine rings is 1. The molecule has 1 aromatic rings. The number of amides is 2. The van der Waals surface area contributed by atoms with Crippen LogP contribution < -0.4 is 16.1 Å². The molecule has 18 heavy (non-hydrogen) atoms. The molecule has 1 aliphatic heterocycles. The van der Waals surface area contributed by atoms with Gasteiger partial charge in [-0.3, -0.25) is 0 Å². The van der Waals surface area contributed by atoms with Crippen LogP contribution in [-0.4, -0.2) is 24.8 Å². The largest absolute Gasteiger partial charge is 0.350 e. The zero-order valence-electron chi connectivity index (χ0n) is 10.4. The van der Waals surface area contributed by atoms with E-state index in [0.29, 0.717) is 0 Å². The van der Waals surface area contributed by atoms with Crippen LogP contribution in [-0.2, 0) is 6.54 Å². The van der Waals surface area contributed by atoms with E-state index in [1.165, 1.54) is 5.56 Å². The van der Waals surface area contributed by atoms with Gasteiger partial charge in [-0.15, -0.1) is 0 Å². The molecule has 1 heterocycles. The predicted octanol–water partition coefficient (Wildman–Crippen LogP) is -0.110. The molecule has 0 unspecified atom stereocenters. The number of carbonyl (C=O) groups is 1. The fraction of sp³-hybridized carbons (Fsp3) is 0.385. The second-order valence-corrected chi connectivity index (χ2v) is 4.57. The number of hydrazone groups is 1. The molecule has 0 saturated carbocycles. The standard InChI is InChI=1S/C13H18N4O/c14-13(18)16-15-12-6-8-17(9-7-12)10-11-4-2-1-3-5-11/h1-5H,6-10H2,(H3,14,16,18)/p+1. The molecule has 0 bridgehead atoms. The van der Waals surface area contributed by atoms with E-state index in [-0.39, 0.29) is 0 Å². The van der Waals surface area contributed by atoms with E-state index in [4.69, 9.17) is 5.73 Å². The Bertz CT molecular complexity index is 420. The van der Waals surface area contributed by atoms with Crippen molar-refractivity contribution in [2.75, 3.05) is 13.1 Å². The van der Waals surface area contributed by atoms with Gasteiger partial charge in [-0.25, -0.2) is 10.2 Å². The van der Waals surface area contributed by atoms with Crippen molar-refractivity contribution < 1.29 is 9.69 Å². The summed E-state index contributed by atoms with van der Waals surface area (Å²) in [5, 5.41) is 4.00. The number of carbonyl (C=O) groups excluding carboxylic acids is 1. The highest BCUT2D eigenvalue weighted by molar-refractivity contribution is 5.86. The van der Waals surface area contributed by atoms with E-state index in [0.717, 1.165) is 38.2 Å². The molecule has 0 atom stereocenters. The monoisotopic (exact) mass is 247 g/mol. The van der Waals surface area contributed by atoms with Crippen LogP contribution in [0, 0.1) is 0 Å². The minimum atomic E-state index is -0.596. The normalized spacial score (nSPS) is 19.3. The minimum absolute atomic E-state index is 0.596. The molecule has 0 aliphatic carbocycles. The van der Waals surface area contributed by atoms with Crippen LogP contribution in [0.4, 0.5) is 4.79 Å². The lowest BCUT2D eigenvalue weighted by atomic mass is 10.1. The summed E-state index contributed by atoms with van der Waals surface area (Å²) in [6.45, 7) is 3.15. The molecule has 0 aromatic heterocycles. The highest BCUT2D eigenvalue weighted by Gasteiger charge is 2.18. The minimum Gasteiger partial charge on any atom is -0.350 e. The number of urea groups is 1. The lowest BCUT2D eigenvalue weighted by Crippen LogP contribution is -3.11. The highest BCUT2D eigenvalue weighted by Crippen LogP contribution is 1.98. The highest BCUT2D eigenvalue weighted by atomic mass is 16.2. The summed E-state index contributed by atoms with van der Waals surface area (Å²) in [4.78, 5) is 12.1. The van der Waals surface area contributed by atoms with E-state index >= 15 is 0 Å². The molecule has 5 nitrogen and oxygen atoms in total. The second-order valence-electron chi connectivity index (χ2n) is 4.57. The molecule has 2 rings (SSSR count). The Labute approximate surface area is 107 Å². The van der Waals surface area contributed by atoms with E-state index in [9.17, 15) is 4.79 Å². The first-order chi connectivity index (χ1) is 8.74. The Kier molecular flexibility index (Phi) is 4.30. The van der Waals surface area contributed by atoms with Crippen molar-refractivity contribution in [3.63, 3.8) is 0 Å². The van der Waals surface area contributed by atoms with Gasteiger partial charge in [0, 0.05) is 24.1 Å². The first-order valence-corrected chi connectivity index (χ1v) is 6.22. The molecule has 1 aliphatic rings. The quantitative estimate of drug-likeness (QED) is 0.641. The van der Waals surface area contributed by atoms with Gasteiger partial charge in [-0.2, -0.15) is 5.10 Å². The van der Waals surface area contributed by atoms with Crippen molar-refractivity contribution in [2.45, 2.75) is 19.4 Å². The third kappa shape index (κ3) is 3.85. The zero-order chi connectivity index (χ0) is 12.8. The van der Waals surface area contributed by atoms with Crippen LogP contribution in [0.5, 0.6) is 0 Å². The van der Waals surface area contributed by atoms with Crippen molar-refractivity contribution in [3.05, 3.63) is 35.9 Å². The molecule has 1 fully saturated rings. The molecule has 96 valence electrons. The van der Waals surface area contributed by atoms with Gasteiger partial charge < -0.3 is 10.6 Å². The summed E-state index contributed by atoms with van der Waals surface area (Å²) >= 11 is 0. The number of hydrogen-bond acceptors (Lipinski definition) is 2. The molecular formula is C13H19N4O+. The van der Waals surface area contributed by atoms with E-state index in [2.05, 4.69) is 34.8 Å². The van der Waals surface area contributed by atoms with Gasteiger partial charge in [-0.05, 0) is 0 Å². The average Bonchev–Trinajstić information content (AvgIpc) is 2.39. The summed E-state index contributed by atoms with van der Waals surface area (Å²) in [6.07, 6.45) is 1.84. The Morgan fingerprint density at radius 1 is 1.28 bits per heavy atom. The second kappa shape index (κ2) is 6.16. The summed E-state index contributed by atoms with van der Waals surface area (Å²) in [7, 11) is 0. The summed E-state index contributed by atoms with van der Waals surface area (Å²) < 4.78 is 0. The zero-order valence-corrected chi connectivity index (χ0v) is 10.4. The van der Waals surface area contributed by atoms with Crippen LogP contribution >= 0.6 is 0 Å². The van der Waals surface area contributed by atoms with Crippen molar-refractivity contribution in [2.24, 2.45) is 10.8 Å². The van der Waals surface area contributed by atoms with Crippen molar-refractivity contribution in [1.29, 1.82) is 0 Å². The smallest absolute Gasteiger partial charge is 0.332 e. The first-order valence-electron chi connectivity index (χ1n) is 6.22. The van der Waals surface area contributed by atoms with Crippen LogP contribution in [0.3, 0.4) is 0 Å². The lowest BCUT2D eigenvalue weighted by molar-refractivity contribution is -0.914. The van der Waals surface area contributed by atoms with Gasteiger partial charge >= 0.3 is 6.03 Å². The molecule has 1 saturated heterocycles. The Morgan fingerprint density at radius 2 is 1.94 bits per heavy atom.